The van der Waals surface area contributed by atoms with E-state index in [0.29, 0.717) is 18.5 Å². The Bertz CT molecular complexity index is 638. The van der Waals surface area contributed by atoms with Crippen LogP contribution in [0, 0.1) is 11.7 Å². The fraction of sp³-hybridized carbons (Fsp3) is 0.389. The van der Waals surface area contributed by atoms with Crippen LogP contribution in [0.4, 0.5) is 4.39 Å². The van der Waals surface area contributed by atoms with Gasteiger partial charge in [0.2, 0.25) is 5.91 Å². The van der Waals surface area contributed by atoms with Gasteiger partial charge in [-0.15, -0.1) is 0 Å². The summed E-state index contributed by atoms with van der Waals surface area (Å²) in [5.74, 6) is 0.860. The second-order valence-corrected chi connectivity index (χ2v) is 5.98. The first-order valence-corrected chi connectivity index (χ1v) is 7.70. The van der Waals surface area contributed by atoms with Crippen LogP contribution in [-0.2, 0) is 11.2 Å². The third-order valence-corrected chi connectivity index (χ3v) is 4.35. The lowest BCUT2D eigenvalue weighted by atomic mass is 9.99. The summed E-state index contributed by atoms with van der Waals surface area (Å²) < 4.78 is 19.1. The summed E-state index contributed by atoms with van der Waals surface area (Å²) in [5.41, 5.74) is 0.602. The average Bonchev–Trinajstić information content (AvgIpc) is 3.19. The molecule has 1 aliphatic rings. The van der Waals surface area contributed by atoms with Gasteiger partial charge in [-0.3, -0.25) is 4.79 Å². The molecule has 0 radical (unpaired) electrons. The number of benzene rings is 1. The van der Waals surface area contributed by atoms with Crippen LogP contribution in [0.3, 0.4) is 0 Å². The number of nitrogens with zero attached hydrogens (tertiary/aromatic N) is 1. The summed E-state index contributed by atoms with van der Waals surface area (Å²) in [6, 6.07) is 10.5. The quantitative estimate of drug-likeness (QED) is 0.864. The second kappa shape index (κ2) is 6.34. The standard InChI is InChI=1S/C18H20FNO2/c1-13(11-14-5-2-3-6-16(14)19)18(21)20-9-8-15(12-20)17-7-4-10-22-17/h2-7,10,13,15H,8-9,11-12H2,1H3. The average molecular weight is 301 g/mol. The summed E-state index contributed by atoms with van der Waals surface area (Å²) in [6.07, 6.45) is 3.03. The third kappa shape index (κ3) is 3.06. The predicted octanol–water partition coefficient (Wildman–Crippen LogP) is 3.61. The van der Waals surface area contributed by atoms with Gasteiger partial charge in [0.25, 0.3) is 0 Å². The molecule has 1 aromatic heterocycles. The molecule has 0 N–H and O–H groups in total. The first-order chi connectivity index (χ1) is 10.6. The van der Waals surface area contributed by atoms with Crippen molar-refractivity contribution in [1.29, 1.82) is 0 Å². The lowest BCUT2D eigenvalue weighted by Gasteiger charge is -2.21. The molecule has 1 saturated heterocycles. The van der Waals surface area contributed by atoms with Crippen molar-refractivity contribution in [3.05, 3.63) is 59.8 Å². The number of hydrogen-bond acceptors (Lipinski definition) is 2. The normalized spacial score (nSPS) is 19.4. The Morgan fingerprint density at radius 3 is 2.91 bits per heavy atom. The summed E-state index contributed by atoms with van der Waals surface area (Å²) in [6.45, 7) is 3.30. The lowest BCUT2D eigenvalue weighted by Crippen LogP contribution is -2.34. The lowest BCUT2D eigenvalue weighted by molar-refractivity contribution is -0.133. The van der Waals surface area contributed by atoms with Crippen LogP contribution >= 0.6 is 0 Å². The Kier molecular flexibility index (Phi) is 4.27. The van der Waals surface area contributed by atoms with E-state index in [-0.39, 0.29) is 23.6 Å². The third-order valence-electron chi connectivity index (χ3n) is 4.35. The molecule has 3 rings (SSSR count). The first kappa shape index (κ1) is 14.8. The van der Waals surface area contributed by atoms with E-state index < -0.39 is 0 Å². The molecule has 2 atom stereocenters. The van der Waals surface area contributed by atoms with E-state index in [4.69, 9.17) is 4.42 Å². The summed E-state index contributed by atoms with van der Waals surface area (Å²) >= 11 is 0. The van der Waals surface area contributed by atoms with Crippen molar-refractivity contribution in [3.8, 4) is 0 Å². The first-order valence-electron chi connectivity index (χ1n) is 7.70. The van der Waals surface area contributed by atoms with Crippen LogP contribution in [0.1, 0.15) is 30.6 Å². The molecule has 2 unspecified atom stereocenters. The Balaban J connectivity index is 1.61. The molecular weight excluding hydrogens is 281 g/mol. The minimum absolute atomic E-state index is 0.0947. The number of likely N-dealkylation sites (tertiary alicyclic amines) is 1. The molecule has 116 valence electrons. The topological polar surface area (TPSA) is 33.5 Å². The van der Waals surface area contributed by atoms with Gasteiger partial charge in [0, 0.05) is 24.9 Å². The van der Waals surface area contributed by atoms with Crippen molar-refractivity contribution in [3.63, 3.8) is 0 Å². The number of hydrogen-bond donors (Lipinski definition) is 0. The number of rotatable bonds is 4. The maximum Gasteiger partial charge on any atom is 0.225 e. The maximum atomic E-state index is 13.7. The largest absolute Gasteiger partial charge is 0.469 e. The summed E-state index contributed by atoms with van der Waals surface area (Å²) in [4.78, 5) is 14.4. The fourth-order valence-corrected chi connectivity index (χ4v) is 3.11. The van der Waals surface area contributed by atoms with Gasteiger partial charge in [0.1, 0.15) is 11.6 Å². The molecule has 22 heavy (non-hydrogen) atoms. The van der Waals surface area contributed by atoms with E-state index in [1.165, 1.54) is 6.07 Å². The van der Waals surface area contributed by atoms with E-state index in [0.717, 1.165) is 18.7 Å². The monoisotopic (exact) mass is 301 g/mol. The van der Waals surface area contributed by atoms with Gasteiger partial charge in [-0.25, -0.2) is 4.39 Å². The van der Waals surface area contributed by atoms with Crippen molar-refractivity contribution in [2.45, 2.75) is 25.7 Å². The minimum atomic E-state index is -0.239. The van der Waals surface area contributed by atoms with Crippen LogP contribution in [0.25, 0.3) is 0 Å². The molecule has 4 heteroatoms. The van der Waals surface area contributed by atoms with E-state index in [1.807, 2.05) is 24.0 Å². The smallest absolute Gasteiger partial charge is 0.225 e. The van der Waals surface area contributed by atoms with Crippen molar-refractivity contribution in [1.82, 2.24) is 4.90 Å². The zero-order chi connectivity index (χ0) is 15.5. The number of furan rings is 1. The van der Waals surface area contributed by atoms with E-state index in [9.17, 15) is 9.18 Å². The Labute approximate surface area is 129 Å². The Morgan fingerprint density at radius 1 is 1.36 bits per heavy atom. The van der Waals surface area contributed by atoms with Crippen LogP contribution in [0.2, 0.25) is 0 Å². The van der Waals surface area contributed by atoms with Crippen molar-refractivity contribution in [2.24, 2.45) is 5.92 Å². The van der Waals surface area contributed by atoms with Gasteiger partial charge in [0.15, 0.2) is 0 Å². The molecule has 0 saturated carbocycles. The number of halogens is 1. The van der Waals surface area contributed by atoms with Gasteiger partial charge in [0.05, 0.1) is 6.26 Å². The van der Waals surface area contributed by atoms with E-state index >= 15 is 0 Å². The molecule has 0 spiro atoms. The van der Waals surface area contributed by atoms with Crippen molar-refractivity contribution in [2.75, 3.05) is 13.1 Å². The van der Waals surface area contributed by atoms with Gasteiger partial charge in [-0.05, 0) is 36.6 Å². The summed E-state index contributed by atoms with van der Waals surface area (Å²) in [7, 11) is 0. The van der Waals surface area contributed by atoms with Gasteiger partial charge in [-0.2, -0.15) is 0 Å². The predicted molar refractivity (Wildman–Crippen MR) is 81.9 cm³/mol. The molecule has 0 bridgehead atoms. The zero-order valence-electron chi connectivity index (χ0n) is 12.7. The zero-order valence-corrected chi connectivity index (χ0v) is 12.7. The van der Waals surface area contributed by atoms with E-state index in [1.54, 1.807) is 24.5 Å². The number of carbonyl (C=O) groups excluding carboxylic acids is 1. The van der Waals surface area contributed by atoms with Gasteiger partial charge in [-0.1, -0.05) is 25.1 Å². The molecule has 1 aliphatic heterocycles. The Hall–Kier alpha value is -2.10. The fourth-order valence-electron chi connectivity index (χ4n) is 3.11. The molecular formula is C18H20FNO2. The molecule has 1 aromatic carbocycles. The number of amides is 1. The van der Waals surface area contributed by atoms with Crippen molar-refractivity contribution < 1.29 is 13.6 Å². The molecule has 1 fully saturated rings. The van der Waals surface area contributed by atoms with E-state index in [2.05, 4.69) is 0 Å². The molecule has 3 nitrogen and oxygen atoms in total. The highest BCUT2D eigenvalue weighted by atomic mass is 19.1. The highest BCUT2D eigenvalue weighted by Crippen LogP contribution is 2.28. The van der Waals surface area contributed by atoms with Gasteiger partial charge >= 0.3 is 0 Å². The van der Waals surface area contributed by atoms with Crippen LogP contribution in [-0.4, -0.2) is 23.9 Å². The molecule has 0 aliphatic carbocycles. The SMILES string of the molecule is CC(Cc1ccccc1F)C(=O)N1CCC(c2ccco2)C1. The number of carbonyl (C=O) groups is 1. The van der Waals surface area contributed by atoms with Crippen LogP contribution < -0.4 is 0 Å². The minimum Gasteiger partial charge on any atom is -0.469 e. The molecule has 2 aromatic rings. The maximum absolute atomic E-state index is 13.7. The van der Waals surface area contributed by atoms with Crippen LogP contribution in [0.5, 0.6) is 0 Å². The van der Waals surface area contributed by atoms with Crippen LogP contribution in [0.15, 0.2) is 47.1 Å². The molecule has 1 amide bonds. The molecule has 2 heterocycles. The highest BCUT2D eigenvalue weighted by Gasteiger charge is 2.31. The highest BCUT2D eigenvalue weighted by molar-refractivity contribution is 5.79. The second-order valence-electron chi connectivity index (χ2n) is 5.98. The van der Waals surface area contributed by atoms with Gasteiger partial charge < -0.3 is 9.32 Å². The Morgan fingerprint density at radius 2 is 2.18 bits per heavy atom. The summed E-state index contributed by atoms with van der Waals surface area (Å²) in [5, 5.41) is 0. The van der Waals surface area contributed by atoms with Crippen molar-refractivity contribution >= 4 is 5.91 Å².